The molecule has 0 spiro atoms. The second kappa shape index (κ2) is 6.57. The Kier molecular flexibility index (Phi) is 5.36. The number of carbonyl (C=O) groups is 1. The van der Waals surface area contributed by atoms with Gasteiger partial charge in [0, 0.05) is 0 Å². The standard InChI is InChI=1S/C15H23NO3/c1-5-16-15(4,10-14(17)18)12-6-8-13(9-7-12)19-11(2)3/h6-9,11,16H,5,10H2,1-4H3,(H,17,18). The predicted octanol–water partition coefficient (Wildman–Crippen LogP) is 2.77. The molecule has 0 heterocycles. The fourth-order valence-corrected chi connectivity index (χ4v) is 2.13. The Hall–Kier alpha value is -1.55. The number of carboxylic acid groups (broad SMARTS) is 1. The molecule has 0 saturated carbocycles. The van der Waals surface area contributed by atoms with Crippen LogP contribution < -0.4 is 10.1 Å². The molecule has 0 aliphatic carbocycles. The summed E-state index contributed by atoms with van der Waals surface area (Å²) < 4.78 is 5.59. The molecule has 0 aliphatic heterocycles. The lowest BCUT2D eigenvalue weighted by molar-refractivity contribution is -0.138. The summed E-state index contributed by atoms with van der Waals surface area (Å²) >= 11 is 0. The van der Waals surface area contributed by atoms with E-state index in [9.17, 15) is 4.79 Å². The van der Waals surface area contributed by atoms with Crippen molar-refractivity contribution in [1.82, 2.24) is 5.32 Å². The highest BCUT2D eigenvalue weighted by Crippen LogP contribution is 2.26. The minimum absolute atomic E-state index is 0.0468. The molecule has 1 aromatic carbocycles. The van der Waals surface area contributed by atoms with Gasteiger partial charge in [0.2, 0.25) is 0 Å². The monoisotopic (exact) mass is 265 g/mol. The van der Waals surface area contributed by atoms with E-state index in [1.54, 1.807) is 0 Å². The van der Waals surface area contributed by atoms with Crippen molar-refractivity contribution in [3.8, 4) is 5.75 Å². The van der Waals surface area contributed by atoms with Crippen LogP contribution in [0.1, 0.15) is 39.7 Å². The predicted molar refractivity (Wildman–Crippen MR) is 75.5 cm³/mol. The number of carboxylic acids is 1. The number of rotatable bonds is 7. The van der Waals surface area contributed by atoms with Gasteiger partial charge in [-0.25, -0.2) is 0 Å². The van der Waals surface area contributed by atoms with Crippen LogP contribution in [0.3, 0.4) is 0 Å². The highest BCUT2D eigenvalue weighted by atomic mass is 16.5. The number of nitrogens with one attached hydrogen (secondary N) is 1. The van der Waals surface area contributed by atoms with Crippen molar-refractivity contribution in [2.45, 2.75) is 45.8 Å². The van der Waals surface area contributed by atoms with Crippen LogP contribution in [0.5, 0.6) is 5.75 Å². The summed E-state index contributed by atoms with van der Waals surface area (Å²) in [5.41, 5.74) is 0.393. The van der Waals surface area contributed by atoms with Crippen molar-refractivity contribution < 1.29 is 14.6 Å². The molecule has 0 saturated heterocycles. The Morgan fingerprint density at radius 3 is 2.37 bits per heavy atom. The van der Waals surface area contributed by atoms with E-state index in [1.807, 2.05) is 52.0 Å². The molecule has 1 aromatic rings. The van der Waals surface area contributed by atoms with Crippen LogP contribution in [-0.2, 0) is 10.3 Å². The Balaban J connectivity index is 2.93. The van der Waals surface area contributed by atoms with Crippen LogP contribution in [0, 0.1) is 0 Å². The molecule has 1 unspecified atom stereocenters. The smallest absolute Gasteiger partial charge is 0.305 e. The third kappa shape index (κ3) is 4.56. The topological polar surface area (TPSA) is 58.6 Å². The Labute approximate surface area is 114 Å². The van der Waals surface area contributed by atoms with E-state index in [-0.39, 0.29) is 12.5 Å². The van der Waals surface area contributed by atoms with Crippen LogP contribution in [-0.4, -0.2) is 23.7 Å². The van der Waals surface area contributed by atoms with Crippen molar-refractivity contribution in [2.75, 3.05) is 6.54 Å². The maximum atomic E-state index is 11.0. The van der Waals surface area contributed by atoms with Crippen molar-refractivity contribution in [2.24, 2.45) is 0 Å². The van der Waals surface area contributed by atoms with Gasteiger partial charge >= 0.3 is 5.97 Å². The van der Waals surface area contributed by atoms with Crippen LogP contribution >= 0.6 is 0 Å². The van der Waals surface area contributed by atoms with Crippen LogP contribution in [0.4, 0.5) is 0 Å². The zero-order valence-corrected chi connectivity index (χ0v) is 12.1. The molecular weight excluding hydrogens is 242 g/mol. The van der Waals surface area contributed by atoms with Gasteiger partial charge in [-0.05, 0) is 45.0 Å². The van der Waals surface area contributed by atoms with Crippen LogP contribution in [0.2, 0.25) is 0 Å². The first-order valence-corrected chi connectivity index (χ1v) is 6.61. The van der Waals surface area contributed by atoms with Crippen molar-refractivity contribution in [3.63, 3.8) is 0 Å². The average molecular weight is 265 g/mol. The first kappa shape index (κ1) is 15.5. The molecule has 106 valence electrons. The molecular formula is C15H23NO3. The first-order valence-electron chi connectivity index (χ1n) is 6.61. The summed E-state index contributed by atoms with van der Waals surface area (Å²) in [4.78, 5) is 11.0. The number of aliphatic carboxylic acids is 1. The number of hydrogen-bond acceptors (Lipinski definition) is 3. The SMILES string of the molecule is CCNC(C)(CC(=O)O)c1ccc(OC(C)C)cc1. The lowest BCUT2D eigenvalue weighted by Gasteiger charge is -2.29. The van der Waals surface area contributed by atoms with Gasteiger partial charge in [0.25, 0.3) is 0 Å². The van der Waals surface area contributed by atoms with E-state index in [2.05, 4.69) is 5.32 Å². The van der Waals surface area contributed by atoms with Gasteiger partial charge in [-0.1, -0.05) is 19.1 Å². The number of hydrogen-bond donors (Lipinski definition) is 2. The minimum atomic E-state index is -0.814. The maximum absolute atomic E-state index is 11.0. The van der Waals surface area contributed by atoms with Gasteiger partial charge < -0.3 is 15.2 Å². The summed E-state index contributed by atoms with van der Waals surface area (Å²) in [5.74, 6) is -0.0149. The van der Waals surface area contributed by atoms with Crippen molar-refractivity contribution >= 4 is 5.97 Å². The number of ether oxygens (including phenoxy) is 1. The summed E-state index contributed by atoms with van der Waals surface area (Å²) in [6.45, 7) is 8.54. The Morgan fingerprint density at radius 2 is 1.95 bits per heavy atom. The first-order chi connectivity index (χ1) is 8.87. The third-order valence-corrected chi connectivity index (χ3v) is 2.93. The van der Waals surface area contributed by atoms with Gasteiger partial charge in [-0.2, -0.15) is 0 Å². The van der Waals surface area contributed by atoms with Gasteiger partial charge in [0.15, 0.2) is 0 Å². The quantitative estimate of drug-likeness (QED) is 0.796. The van der Waals surface area contributed by atoms with E-state index < -0.39 is 11.5 Å². The van der Waals surface area contributed by atoms with E-state index in [0.717, 1.165) is 11.3 Å². The fraction of sp³-hybridized carbons (Fsp3) is 0.533. The zero-order valence-electron chi connectivity index (χ0n) is 12.1. The summed E-state index contributed by atoms with van der Waals surface area (Å²) in [5, 5.41) is 12.3. The fourth-order valence-electron chi connectivity index (χ4n) is 2.13. The van der Waals surface area contributed by atoms with E-state index in [4.69, 9.17) is 9.84 Å². The largest absolute Gasteiger partial charge is 0.491 e. The van der Waals surface area contributed by atoms with Gasteiger partial charge in [0.1, 0.15) is 5.75 Å². The molecule has 4 nitrogen and oxygen atoms in total. The second-order valence-electron chi connectivity index (χ2n) is 5.12. The maximum Gasteiger partial charge on any atom is 0.305 e. The summed E-state index contributed by atoms with van der Waals surface area (Å²) in [6, 6.07) is 7.60. The van der Waals surface area contributed by atoms with Gasteiger partial charge in [-0.15, -0.1) is 0 Å². The molecule has 4 heteroatoms. The lowest BCUT2D eigenvalue weighted by atomic mass is 9.88. The van der Waals surface area contributed by atoms with Crippen molar-refractivity contribution in [3.05, 3.63) is 29.8 Å². The van der Waals surface area contributed by atoms with E-state index in [0.29, 0.717) is 6.54 Å². The van der Waals surface area contributed by atoms with E-state index in [1.165, 1.54) is 0 Å². The molecule has 0 fully saturated rings. The molecule has 1 rings (SSSR count). The molecule has 19 heavy (non-hydrogen) atoms. The Bertz CT molecular complexity index is 414. The summed E-state index contributed by atoms with van der Waals surface area (Å²) in [6.07, 6.45) is 0.176. The average Bonchev–Trinajstić information content (AvgIpc) is 2.28. The van der Waals surface area contributed by atoms with Crippen LogP contribution in [0.15, 0.2) is 24.3 Å². The molecule has 0 bridgehead atoms. The molecule has 1 atom stereocenters. The molecule has 0 aromatic heterocycles. The molecule has 0 aliphatic rings. The molecule has 0 radical (unpaired) electrons. The van der Waals surface area contributed by atoms with Crippen molar-refractivity contribution in [1.29, 1.82) is 0 Å². The number of benzene rings is 1. The highest BCUT2D eigenvalue weighted by molar-refractivity contribution is 5.68. The summed E-state index contributed by atoms with van der Waals surface area (Å²) in [7, 11) is 0. The second-order valence-corrected chi connectivity index (χ2v) is 5.12. The molecule has 0 amide bonds. The lowest BCUT2D eigenvalue weighted by Crippen LogP contribution is -2.41. The minimum Gasteiger partial charge on any atom is -0.491 e. The highest BCUT2D eigenvalue weighted by Gasteiger charge is 2.28. The van der Waals surface area contributed by atoms with Gasteiger partial charge in [-0.3, -0.25) is 4.79 Å². The third-order valence-electron chi connectivity index (χ3n) is 2.93. The Morgan fingerprint density at radius 1 is 1.37 bits per heavy atom. The zero-order chi connectivity index (χ0) is 14.5. The molecule has 2 N–H and O–H groups in total. The van der Waals surface area contributed by atoms with E-state index >= 15 is 0 Å². The normalized spacial score (nSPS) is 14.2. The van der Waals surface area contributed by atoms with Crippen LogP contribution in [0.25, 0.3) is 0 Å². The van der Waals surface area contributed by atoms with Gasteiger partial charge in [0.05, 0.1) is 18.1 Å².